The molecule has 3 aliphatic rings. The molecule has 2 bridgehead atoms. The third-order valence-corrected chi connectivity index (χ3v) is 8.70. The molecule has 38 heavy (non-hydrogen) atoms. The van der Waals surface area contributed by atoms with Gasteiger partial charge in [-0.3, -0.25) is 19.3 Å². The summed E-state index contributed by atoms with van der Waals surface area (Å²) >= 11 is 11.9. The highest BCUT2D eigenvalue weighted by molar-refractivity contribution is 6.36. The highest BCUT2D eigenvalue weighted by atomic mass is 35.5. The molecule has 192 valence electrons. The van der Waals surface area contributed by atoms with Crippen molar-refractivity contribution in [3.8, 4) is 0 Å². The Labute approximate surface area is 229 Å². The van der Waals surface area contributed by atoms with E-state index in [1.54, 1.807) is 12.1 Å². The number of Topliss-reactive ketones (excluding diaryl/α,β-unsaturated/α-hetero) is 1. The summed E-state index contributed by atoms with van der Waals surface area (Å²) in [5.74, 6) is -1.70. The van der Waals surface area contributed by atoms with E-state index in [0.29, 0.717) is 10.7 Å². The number of amides is 2. The van der Waals surface area contributed by atoms with E-state index in [9.17, 15) is 19.2 Å². The summed E-state index contributed by atoms with van der Waals surface area (Å²) in [4.78, 5) is 53.5. The Morgan fingerprint density at radius 1 is 0.868 bits per heavy atom. The molecule has 3 aromatic rings. The molecular formula is C30H23Cl2NO5. The molecule has 6 rings (SSSR count). The van der Waals surface area contributed by atoms with Crippen LogP contribution in [0, 0.1) is 23.7 Å². The topological polar surface area (TPSA) is 80.8 Å². The molecule has 0 unspecified atom stereocenters. The molecule has 1 saturated heterocycles. The fourth-order valence-corrected chi connectivity index (χ4v) is 7.09. The van der Waals surface area contributed by atoms with E-state index in [1.807, 2.05) is 18.2 Å². The SMILES string of the molecule is O=C(OCC(=O)c1ccc(Cl)cc1Cl)c1cccc(N2C(=O)[C@H]3[C@@H]4C[C@@H]([C@@H]3C2=O)[C@H](c2ccccc2)C4)c1. The van der Waals surface area contributed by atoms with Crippen LogP contribution in [-0.2, 0) is 14.3 Å². The van der Waals surface area contributed by atoms with Crippen molar-refractivity contribution in [3.63, 3.8) is 0 Å². The zero-order valence-electron chi connectivity index (χ0n) is 20.2. The smallest absolute Gasteiger partial charge is 0.338 e. The number of rotatable bonds is 6. The summed E-state index contributed by atoms with van der Waals surface area (Å²) in [6, 6.07) is 20.9. The average molecular weight is 548 g/mol. The summed E-state index contributed by atoms with van der Waals surface area (Å²) in [5.41, 5.74) is 1.89. The number of esters is 1. The van der Waals surface area contributed by atoms with Crippen molar-refractivity contribution < 1.29 is 23.9 Å². The van der Waals surface area contributed by atoms with Crippen molar-refractivity contribution in [3.05, 3.63) is 99.5 Å². The maximum atomic E-state index is 13.6. The standard InChI is InChI=1S/C30H23Cl2NO5/c31-19-9-10-21(24(32)14-19)25(34)15-38-30(37)17-7-4-8-20(11-17)33-28(35)26-18-12-22(16-5-2-1-3-6-16)23(13-18)27(26)29(33)36/h1-11,14,18,22-23,26-27H,12-13,15H2/t18-,22-,23+,26-,27-/m0/s1. The molecule has 0 N–H and O–H groups in total. The number of carbonyl (C=O) groups is 4. The fourth-order valence-electron chi connectivity index (χ4n) is 6.58. The molecule has 0 aromatic heterocycles. The molecule has 1 heterocycles. The van der Waals surface area contributed by atoms with Gasteiger partial charge in [-0.05, 0) is 72.6 Å². The summed E-state index contributed by atoms with van der Waals surface area (Å²) in [7, 11) is 0. The van der Waals surface area contributed by atoms with Gasteiger partial charge >= 0.3 is 5.97 Å². The summed E-state index contributed by atoms with van der Waals surface area (Å²) in [5, 5.41) is 0.555. The second-order valence-corrected chi connectivity index (χ2v) is 11.0. The van der Waals surface area contributed by atoms with Crippen LogP contribution in [0.25, 0.3) is 0 Å². The van der Waals surface area contributed by atoms with Crippen molar-refractivity contribution in [2.75, 3.05) is 11.5 Å². The first-order valence-electron chi connectivity index (χ1n) is 12.5. The first-order chi connectivity index (χ1) is 18.3. The maximum Gasteiger partial charge on any atom is 0.338 e. The lowest BCUT2D eigenvalue weighted by Crippen LogP contribution is -2.33. The van der Waals surface area contributed by atoms with Crippen LogP contribution in [0.15, 0.2) is 72.8 Å². The summed E-state index contributed by atoms with van der Waals surface area (Å²) < 4.78 is 5.21. The van der Waals surface area contributed by atoms with Gasteiger partial charge in [0.15, 0.2) is 6.61 Å². The minimum absolute atomic E-state index is 0.132. The molecule has 2 aliphatic carbocycles. The van der Waals surface area contributed by atoms with Gasteiger partial charge in [-0.1, -0.05) is 59.6 Å². The summed E-state index contributed by atoms with van der Waals surface area (Å²) in [6.45, 7) is -0.514. The molecule has 1 aliphatic heterocycles. The number of ketones is 1. The first-order valence-corrected chi connectivity index (χ1v) is 13.3. The van der Waals surface area contributed by atoms with Crippen LogP contribution in [0.1, 0.15) is 45.0 Å². The van der Waals surface area contributed by atoms with Gasteiger partial charge < -0.3 is 4.74 Å². The van der Waals surface area contributed by atoms with Crippen LogP contribution in [0.2, 0.25) is 10.0 Å². The Kier molecular flexibility index (Phi) is 6.33. The van der Waals surface area contributed by atoms with E-state index in [2.05, 4.69) is 12.1 Å². The molecule has 0 radical (unpaired) electrons. The van der Waals surface area contributed by atoms with Gasteiger partial charge in [0.1, 0.15) is 0 Å². The lowest BCUT2D eigenvalue weighted by atomic mass is 9.73. The lowest BCUT2D eigenvalue weighted by Gasteiger charge is -2.28. The Morgan fingerprint density at radius 2 is 1.63 bits per heavy atom. The third-order valence-electron chi connectivity index (χ3n) is 8.15. The van der Waals surface area contributed by atoms with Gasteiger partial charge in [-0.2, -0.15) is 0 Å². The van der Waals surface area contributed by atoms with Crippen molar-refractivity contribution in [1.29, 1.82) is 0 Å². The van der Waals surface area contributed by atoms with Crippen molar-refractivity contribution in [2.24, 2.45) is 23.7 Å². The van der Waals surface area contributed by atoms with Crippen LogP contribution in [0.4, 0.5) is 5.69 Å². The van der Waals surface area contributed by atoms with Crippen LogP contribution >= 0.6 is 23.2 Å². The van der Waals surface area contributed by atoms with E-state index >= 15 is 0 Å². The van der Waals surface area contributed by atoms with Gasteiger partial charge in [-0.25, -0.2) is 4.79 Å². The van der Waals surface area contributed by atoms with E-state index in [0.717, 1.165) is 12.8 Å². The Bertz CT molecular complexity index is 1470. The largest absolute Gasteiger partial charge is 0.454 e. The van der Waals surface area contributed by atoms with Crippen LogP contribution in [0.3, 0.4) is 0 Å². The van der Waals surface area contributed by atoms with Gasteiger partial charge in [0.2, 0.25) is 17.6 Å². The predicted molar refractivity (Wildman–Crippen MR) is 142 cm³/mol. The Hall–Kier alpha value is -3.48. The Balaban J connectivity index is 1.18. The molecule has 8 heteroatoms. The number of halogens is 2. The molecule has 3 aromatic carbocycles. The molecule has 3 fully saturated rings. The number of nitrogens with zero attached hydrogens (tertiary/aromatic N) is 1. The normalized spacial score (nSPS) is 25.5. The van der Waals surface area contributed by atoms with E-state index in [-0.39, 0.29) is 57.6 Å². The Morgan fingerprint density at radius 3 is 2.39 bits per heavy atom. The van der Waals surface area contributed by atoms with E-state index in [1.165, 1.54) is 40.8 Å². The second kappa shape index (κ2) is 9.68. The highest BCUT2D eigenvalue weighted by Gasteiger charge is 2.64. The lowest BCUT2D eigenvalue weighted by molar-refractivity contribution is -0.123. The van der Waals surface area contributed by atoms with Gasteiger partial charge in [0, 0.05) is 10.6 Å². The number of hydrogen-bond donors (Lipinski definition) is 0. The van der Waals surface area contributed by atoms with E-state index in [4.69, 9.17) is 27.9 Å². The molecule has 2 amide bonds. The fraction of sp³-hybridized carbons (Fsp3) is 0.267. The zero-order valence-corrected chi connectivity index (χ0v) is 21.7. The van der Waals surface area contributed by atoms with E-state index < -0.39 is 18.4 Å². The number of benzene rings is 3. The number of fused-ring (bicyclic) bond motifs is 5. The minimum Gasteiger partial charge on any atom is -0.454 e. The predicted octanol–water partition coefficient (Wildman–Crippen LogP) is 5.96. The second-order valence-electron chi connectivity index (χ2n) is 10.1. The summed E-state index contributed by atoms with van der Waals surface area (Å²) in [6.07, 6.45) is 1.79. The monoisotopic (exact) mass is 547 g/mol. The number of imide groups is 1. The number of anilines is 1. The minimum atomic E-state index is -0.742. The average Bonchev–Trinajstić information content (AvgIpc) is 3.59. The van der Waals surface area contributed by atoms with Gasteiger partial charge in [0.25, 0.3) is 0 Å². The van der Waals surface area contributed by atoms with Crippen LogP contribution in [-0.4, -0.2) is 30.2 Å². The molecule has 0 spiro atoms. The van der Waals surface area contributed by atoms with Gasteiger partial charge in [0.05, 0.1) is 28.1 Å². The zero-order chi connectivity index (χ0) is 26.6. The van der Waals surface area contributed by atoms with Crippen molar-refractivity contribution in [1.82, 2.24) is 0 Å². The number of ether oxygens (including phenoxy) is 1. The van der Waals surface area contributed by atoms with Crippen molar-refractivity contribution >= 4 is 52.5 Å². The molecular weight excluding hydrogens is 525 g/mol. The highest BCUT2D eigenvalue weighted by Crippen LogP contribution is 2.61. The van der Waals surface area contributed by atoms with Gasteiger partial charge in [-0.15, -0.1) is 0 Å². The maximum absolute atomic E-state index is 13.6. The molecule has 2 saturated carbocycles. The third kappa shape index (κ3) is 4.12. The molecule has 5 atom stereocenters. The number of carbonyl (C=O) groups excluding carboxylic acids is 4. The quantitative estimate of drug-likeness (QED) is 0.216. The van der Waals surface area contributed by atoms with Crippen LogP contribution in [0.5, 0.6) is 0 Å². The first kappa shape index (κ1) is 24.8. The number of hydrogen-bond acceptors (Lipinski definition) is 5. The molecule has 6 nitrogen and oxygen atoms in total. The van der Waals surface area contributed by atoms with Crippen molar-refractivity contribution in [2.45, 2.75) is 18.8 Å². The van der Waals surface area contributed by atoms with Crippen LogP contribution < -0.4 is 4.90 Å².